The van der Waals surface area contributed by atoms with Crippen molar-refractivity contribution in [3.05, 3.63) is 105 Å². The Hall–Kier alpha value is -1.44. The Bertz CT molecular complexity index is 759. The Labute approximate surface area is 169 Å². The molecule has 0 bridgehead atoms. The van der Waals surface area contributed by atoms with E-state index in [1.165, 1.54) is 22.3 Å². The van der Waals surface area contributed by atoms with E-state index in [4.69, 9.17) is 0 Å². The molecule has 2 aliphatic rings. The van der Waals surface area contributed by atoms with Gasteiger partial charge in [-0.05, 0) is 0 Å². The molecule has 0 fully saturated rings. The van der Waals surface area contributed by atoms with E-state index in [1.807, 2.05) is 0 Å². The summed E-state index contributed by atoms with van der Waals surface area (Å²) in [6.07, 6.45) is 11.5. The fourth-order valence-corrected chi connectivity index (χ4v) is 5.26. The standard InChI is InChI=1S/2C11H9.2ClH.V/c2*1-2-6-10(7-3-1)11-8-4-5-9-11;;;/h2*1-4,6-8H,5H2;2*1H;. The molecule has 2 aromatic rings. The SMILES string of the molecule is C1=CC(c2ccccc2)=[C]([V][C]2=C(c3ccccc3)C=CC2)C1.Cl.Cl. The third-order valence-corrected chi connectivity index (χ3v) is 6.42. The van der Waals surface area contributed by atoms with Crippen LogP contribution in [0.1, 0.15) is 24.0 Å². The van der Waals surface area contributed by atoms with Gasteiger partial charge in [0.15, 0.2) is 0 Å². The van der Waals surface area contributed by atoms with Crippen molar-refractivity contribution in [2.24, 2.45) is 0 Å². The monoisotopic (exact) mass is 405 g/mol. The average Bonchev–Trinajstić information content (AvgIpc) is 3.26. The maximum Gasteiger partial charge on any atom is -0.147 e. The molecular formula is C22H20Cl2V. The van der Waals surface area contributed by atoms with E-state index in [0.29, 0.717) is 0 Å². The van der Waals surface area contributed by atoms with Crippen LogP contribution in [-0.2, 0) is 16.3 Å². The van der Waals surface area contributed by atoms with Crippen LogP contribution in [0.25, 0.3) is 11.1 Å². The van der Waals surface area contributed by atoms with Crippen molar-refractivity contribution in [3.63, 3.8) is 0 Å². The van der Waals surface area contributed by atoms with E-state index >= 15 is 0 Å². The number of halogens is 2. The molecule has 0 saturated carbocycles. The minimum Gasteiger partial charge on any atom is -0.147 e. The first-order valence-electron chi connectivity index (χ1n) is 8.04. The minimum absolute atomic E-state index is 0. The van der Waals surface area contributed by atoms with Crippen LogP contribution in [0.4, 0.5) is 0 Å². The van der Waals surface area contributed by atoms with Crippen molar-refractivity contribution in [2.75, 3.05) is 0 Å². The van der Waals surface area contributed by atoms with Gasteiger partial charge >= 0.3 is 145 Å². The van der Waals surface area contributed by atoms with Gasteiger partial charge in [0.1, 0.15) is 0 Å². The summed E-state index contributed by atoms with van der Waals surface area (Å²) in [6.45, 7) is 0. The maximum atomic E-state index is 2.32. The molecule has 3 heteroatoms. The summed E-state index contributed by atoms with van der Waals surface area (Å²) in [7, 11) is 0. The molecule has 0 nitrogen and oxygen atoms in total. The zero-order chi connectivity index (χ0) is 15.5. The third-order valence-electron chi connectivity index (χ3n) is 4.25. The molecule has 0 radical (unpaired) electrons. The van der Waals surface area contributed by atoms with Gasteiger partial charge in [0.05, 0.1) is 0 Å². The van der Waals surface area contributed by atoms with Gasteiger partial charge in [-0.15, -0.1) is 24.8 Å². The van der Waals surface area contributed by atoms with Crippen LogP contribution in [0, 0.1) is 0 Å². The summed E-state index contributed by atoms with van der Waals surface area (Å²) in [4.78, 5) is 0. The second kappa shape index (κ2) is 9.31. The first kappa shape index (κ1) is 19.9. The predicted molar refractivity (Wildman–Crippen MR) is 109 cm³/mol. The molecule has 0 atom stereocenters. The summed E-state index contributed by atoms with van der Waals surface area (Å²) < 4.78 is 3.28. The van der Waals surface area contributed by atoms with Crippen molar-refractivity contribution in [3.8, 4) is 0 Å². The van der Waals surface area contributed by atoms with Crippen molar-refractivity contribution in [1.82, 2.24) is 0 Å². The van der Waals surface area contributed by atoms with E-state index in [2.05, 4.69) is 85.0 Å². The van der Waals surface area contributed by atoms with Gasteiger partial charge in [0.2, 0.25) is 0 Å². The average molecular weight is 406 g/mol. The number of rotatable bonds is 4. The summed E-state index contributed by atoms with van der Waals surface area (Å²) >= 11 is 0.0911. The van der Waals surface area contributed by atoms with Crippen molar-refractivity contribution < 1.29 is 16.3 Å². The molecule has 127 valence electrons. The van der Waals surface area contributed by atoms with Crippen molar-refractivity contribution in [1.29, 1.82) is 0 Å². The molecule has 4 rings (SSSR count). The van der Waals surface area contributed by atoms with E-state index in [1.54, 1.807) is 8.57 Å². The molecule has 0 saturated heterocycles. The number of benzene rings is 2. The van der Waals surface area contributed by atoms with E-state index in [-0.39, 0.29) is 41.1 Å². The first-order valence-corrected chi connectivity index (χ1v) is 9.43. The largest absolute Gasteiger partial charge is 0.147 e. The molecule has 25 heavy (non-hydrogen) atoms. The van der Waals surface area contributed by atoms with E-state index in [9.17, 15) is 0 Å². The van der Waals surface area contributed by atoms with Crippen LogP contribution in [0.5, 0.6) is 0 Å². The molecule has 2 aromatic carbocycles. The van der Waals surface area contributed by atoms with Crippen LogP contribution in [-0.4, -0.2) is 0 Å². The van der Waals surface area contributed by atoms with Crippen LogP contribution in [0.3, 0.4) is 0 Å². The molecule has 2 aliphatic carbocycles. The van der Waals surface area contributed by atoms with Crippen molar-refractivity contribution >= 4 is 36.0 Å². The molecule has 0 amide bonds. The van der Waals surface area contributed by atoms with E-state index < -0.39 is 0 Å². The van der Waals surface area contributed by atoms with E-state index in [0.717, 1.165) is 12.8 Å². The Morgan fingerprint density at radius 3 is 1.36 bits per heavy atom. The number of hydrogen-bond donors (Lipinski definition) is 0. The van der Waals surface area contributed by atoms with Gasteiger partial charge in [-0.3, -0.25) is 0 Å². The molecule has 0 spiro atoms. The van der Waals surface area contributed by atoms with Gasteiger partial charge in [0, 0.05) is 0 Å². The Morgan fingerprint density at radius 2 is 0.960 bits per heavy atom. The predicted octanol–water partition coefficient (Wildman–Crippen LogP) is 6.65. The third kappa shape index (κ3) is 4.40. The molecular weight excluding hydrogens is 386 g/mol. The second-order valence-corrected chi connectivity index (χ2v) is 7.81. The van der Waals surface area contributed by atoms with Crippen LogP contribution < -0.4 is 0 Å². The quantitative estimate of drug-likeness (QED) is 0.533. The number of allylic oxidation sites excluding steroid dienone is 8. The summed E-state index contributed by atoms with van der Waals surface area (Å²) in [5, 5.41) is 0. The van der Waals surface area contributed by atoms with Gasteiger partial charge in [-0.1, -0.05) is 0 Å². The van der Waals surface area contributed by atoms with Gasteiger partial charge in [0.25, 0.3) is 0 Å². The summed E-state index contributed by atoms with van der Waals surface area (Å²) in [5.74, 6) is 0. The second-order valence-electron chi connectivity index (χ2n) is 5.78. The fourth-order valence-electron chi connectivity index (χ4n) is 3.12. The zero-order valence-corrected chi connectivity index (χ0v) is 16.8. The zero-order valence-electron chi connectivity index (χ0n) is 13.8. The molecule has 0 aliphatic heterocycles. The van der Waals surface area contributed by atoms with Gasteiger partial charge in [-0.25, -0.2) is 0 Å². The normalized spacial score (nSPS) is 15.2. The molecule has 0 N–H and O–H groups in total. The Morgan fingerprint density at radius 1 is 0.560 bits per heavy atom. The molecule has 0 aromatic heterocycles. The fraction of sp³-hybridized carbons (Fsp3) is 0.0909. The number of hydrogen-bond acceptors (Lipinski definition) is 0. The Balaban J connectivity index is 0.00000113. The van der Waals surface area contributed by atoms with Crippen LogP contribution in [0.15, 0.2) is 93.5 Å². The maximum absolute atomic E-state index is 2.32. The Kier molecular flexibility index (Phi) is 7.41. The summed E-state index contributed by atoms with van der Waals surface area (Å²) in [5.41, 5.74) is 5.63. The first-order chi connectivity index (χ1) is 11.4. The van der Waals surface area contributed by atoms with Gasteiger partial charge in [-0.2, -0.15) is 0 Å². The van der Waals surface area contributed by atoms with Crippen LogP contribution in [0.2, 0.25) is 0 Å². The topological polar surface area (TPSA) is 0 Å². The van der Waals surface area contributed by atoms with Crippen LogP contribution >= 0.6 is 24.8 Å². The minimum atomic E-state index is 0. The molecule has 0 heterocycles. The summed E-state index contributed by atoms with van der Waals surface area (Å²) in [6, 6.07) is 21.6. The van der Waals surface area contributed by atoms with Crippen molar-refractivity contribution in [2.45, 2.75) is 12.8 Å². The van der Waals surface area contributed by atoms with Gasteiger partial charge < -0.3 is 0 Å². The molecule has 0 unspecified atom stereocenters. The smallest absolute Gasteiger partial charge is 0.147 e.